The quantitative estimate of drug-likeness (QED) is 0.688. The summed E-state index contributed by atoms with van der Waals surface area (Å²) in [6, 6.07) is 17.4. The maximum atomic E-state index is 12.4. The molecule has 0 aliphatic rings. The van der Waals surface area contributed by atoms with Gasteiger partial charge in [0.25, 0.3) is 0 Å². The molecule has 0 radical (unpaired) electrons. The highest BCUT2D eigenvalue weighted by molar-refractivity contribution is 5.91. The summed E-state index contributed by atoms with van der Waals surface area (Å²) in [5, 5.41) is 0. The van der Waals surface area contributed by atoms with Crippen molar-refractivity contribution in [2.24, 2.45) is 0 Å². The number of rotatable bonds is 4. The molecule has 0 saturated carbocycles. The number of esters is 1. The molecule has 116 valence electrons. The fourth-order valence-electron chi connectivity index (χ4n) is 2.64. The fraction of sp³-hybridized carbons (Fsp3) is 0.158. The fourth-order valence-corrected chi connectivity index (χ4v) is 2.64. The van der Waals surface area contributed by atoms with Crippen LogP contribution in [-0.4, -0.2) is 15.5 Å². The average molecular weight is 306 g/mol. The van der Waals surface area contributed by atoms with Crippen LogP contribution in [0.3, 0.4) is 0 Å². The Hall–Kier alpha value is -2.88. The molecule has 0 N–H and O–H groups in total. The van der Waals surface area contributed by atoms with Crippen LogP contribution in [0.1, 0.15) is 27.4 Å². The normalized spacial score (nSPS) is 10.5. The lowest BCUT2D eigenvalue weighted by Gasteiger charge is -2.09. The molecule has 4 nitrogen and oxygen atoms in total. The molecule has 3 rings (SSSR count). The van der Waals surface area contributed by atoms with Crippen LogP contribution < -0.4 is 0 Å². The van der Waals surface area contributed by atoms with Gasteiger partial charge >= 0.3 is 5.97 Å². The third-order valence-corrected chi connectivity index (χ3v) is 3.74. The van der Waals surface area contributed by atoms with Gasteiger partial charge in [-0.15, -0.1) is 0 Å². The number of ether oxygens (including phenoxy) is 1. The van der Waals surface area contributed by atoms with Gasteiger partial charge in [-0.25, -0.2) is 4.79 Å². The van der Waals surface area contributed by atoms with Crippen molar-refractivity contribution in [2.75, 3.05) is 0 Å². The second-order valence-electron chi connectivity index (χ2n) is 5.35. The SMILES string of the molecule is Cc1cc(C(=O)OCc2ccccn2)c(C)n1-c1ccccc1. The number of benzene rings is 1. The first-order chi connectivity index (χ1) is 11.2. The van der Waals surface area contributed by atoms with Crippen molar-refractivity contribution in [3.05, 3.63) is 83.4 Å². The Balaban J connectivity index is 1.82. The van der Waals surface area contributed by atoms with E-state index in [2.05, 4.69) is 9.55 Å². The lowest BCUT2D eigenvalue weighted by molar-refractivity contribution is 0.0467. The van der Waals surface area contributed by atoms with E-state index in [0.29, 0.717) is 5.56 Å². The van der Waals surface area contributed by atoms with E-state index in [4.69, 9.17) is 4.74 Å². The first-order valence-electron chi connectivity index (χ1n) is 7.48. The molecule has 0 bridgehead atoms. The van der Waals surface area contributed by atoms with Gasteiger partial charge < -0.3 is 9.30 Å². The van der Waals surface area contributed by atoms with Gasteiger partial charge in [0.2, 0.25) is 0 Å². The highest BCUT2D eigenvalue weighted by Crippen LogP contribution is 2.21. The minimum absolute atomic E-state index is 0.175. The van der Waals surface area contributed by atoms with Crippen molar-refractivity contribution in [2.45, 2.75) is 20.5 Å². The Morgan fingerprint density at radius 3 is 2.52 bits per heavy atom. The lowest BCUT2D eigenvalue weighted by atomic mass is 10.2. The number of hydrogen-bond acceptors (Lipinski definition) is 3. The largest absolute Gasteiger partial charge is 0.456 e. The van der Waals surface area contributed by atoms with Crippen LogP contribution in [0.4, 0.5) is 0 Å². The van der Waals surface area contributed by atoms with Gasteiger partial charge in [0.15, 0.2) is 0 Å². The smallest absolute Gasteiger partial charge is 0.340 e. The summed E-state index contributed by atoms with van der Waals surface area (Å²) >= 11 is 0. The second-order valence-corrected chi connectivity index (χ2v) is 5.35. The maximum absolute atomic E-state index is 12.4. The molecule has 0 fully saturated rings. The van der Waals surface area contributed by atoms with Crippen molar-refractivity contribution in [3.63, 3.8) is 0 Å². The molecule has 0 aliphatic carbocycles. The van der Waals surface area contributed by atoms with Gasteiger partial charge in [-0.2, -0.15) is 0 Å². The van der Waals surface area contributed by atoms with Gasteiger partial charge in [-0.3, -0.25) is 4.98 Å². The zero-order chi connectivity index (χ0) is 16.2. The van der Waals surface area contributed by atoms with Gasteiger partial charge in [0.05, 0.1) is 11.3 Å². The molecule has 4 heteroatoms. The third kappa shape index (κ3) is 3.16. The van der Waals surface area contributed by atoms with Crippen LogP contribution in [0, 0.1) is 13.8 Å². The van der Waals surface area contributed by atoms with Gasteiger partial charge in [0.1, 0.15) is 6.61 Å². The van der Waals surface area contributed by atoms with E-state index in [9.17, 15) is 4.79 Å². The summed E-state index contributed by atoms with van der Waals surface area (Å²) < 4.78 is 7.44. The van der Waals surface area contributed by atoms with Gasteiger partial charge in [-0.1, -0.05) is 24.3 Å². The van der Waals surface area contributed by atoms with E-state index in [1.165, 1.54) is 0 Å². The maximum Gasteiger partial charge on any atom is 0.340 e. The van der Waals surface area contributed by atoms with E-state index < -0.39 is 0 Å². The van der Waals surface area contributed by atoms with Crippen molar-refractivity contribution in [1.82, 2.24) is 9.55 Å². The molecule has 0 aliphatic heterocycles. The van der Waals surface area contributed by atoms with Crippen LogP contribution in [-0.2, 0) is 11.3 Å². The van der Waals surface area contributed by atoms with Crippen molar-refractivity contribution in [3.8, 4) is 5.69 Å². The number of aryl methyl sites for hydroxylation is 1. The Labute approximate surface area is 135 Å². The Kier molecular flexibility index (Phi) is 4.24. The van der Waals surface area contributed by atoms with E-state index in [1.807, 2.05) is 68.4 Å². The number of nitrogens with zero attached hydrogens (tertiary/aromatic N) is 2. The number of carbonyl (C=O) groups excluding carboxylic acids is 1. The first kappa shape index (κ1) is 15.0. The number of carbonyl (C=O) groups is 1. The summed E-state index contributed by atoms with van der Waals surface area (Å²) in [5.74, 6) is -0.328. The molecule has 1 aromatic carbocycles. The Morgan fingerprint density at radius 1 is 1.09 bits per heavy atom. The molecule has 0 unspecified atom stereocenters. The molecule has 2 heterocycles. The topological polar surface area (TPSA) is 44.1 Å². The molecule has 0 saturated heterocycles. The summed E-state index contributed by atoms with van der Waals surface area (Å²) in [5.41, 5.74) is 4.23. The second kappa shape index (κ2) is 6.48. The third-order valence-electron chi connectivity index (χ3n) is 3.74. The monoisotopic (exact) mass is 306 g/mol. The molecular weight excluding hydrogens is 288 g/mol. The minimum Gasteiger partial charge on any atom is -0.456 e. The summed E-state index contributed by atoms with van der Waals surface area (Å²) in [6.45, 7) is 4.08. The predicted octanol–water partition coefficient (Wildman–Crippen LogP) is 3.85. The van der Waals surface area contributed by atoms with Crippen LogP contribution in [0.2, 0.25) is 0 Å². The highest BCUT2D eigenvalue weighted by Gasteiger charge is 2.17. The standard InChI is InChI=1S/C19H18N2O2/c1-14-12-18(15(2)21(14)17-9-4-3-5-10-17)19(22)23-13-16-8-6-7-11-20-16/h3-12H,13H2,1-2H3. The Morgan fingerprint density at radius 2 is 1.83 bits per heavy atom. The highest BCUT2D eigenvalue weighted by atomic mass is 16.5. The number of para-hydroxylation sites is 1. The van der Waals surface area contributed by atoms with Gasteiger partial charge in [-0.05, 0) is 44.2 Å². The number of pyridine rings is 1. The first-order valence-corrected chi connectivity index (χ1v) is 7.48. The van der Waals surface area contributed by atoms with Crippen LogP contribution in [0.25, 0.3) is 5.69 Å². The zero-order valence-electron chi connectivity index (χ0n) is 13.2. The molecule has 3 aromatic rings. The van der Waals surface area contributed by atoms with E-state index >= 15 is 0 Å². The minimum atomic E-state index is -0.328. The van der Waals surface area contributed by atoms with E-state index in [1.54, 1.807) is 6.20 Å². The van der Waals surface area contributed by atoms with Gasteiger partial charge in [0, 0.05) is 23.3 Å². The lowest BCUT2D eigenvalue weighted by Crippen LogP contribution is -2.08. The summed E-state index contributed by atoms with van der Waals surface area (Å²) in [6.07, 6.45) is 1.68. The molecule has 0 spiro atoms. The van der Waals surface area contributed by atoms with Crippen molar-refractivity contribution >= 4 is 5.97 Å². The summed E-state index contributed by atoms with van der Waals surface area (Å²) in [7, 11) is 0. The zero-order valence-corrected chi connectivity index (χ0v) is 13.2. The van der Waals surface area contributed by atoms with Crippen molar-refractivity contribution in [1.29, 1.82) is 0 Å². The van der Waals surface area contributed by atoms with E-state index in [0.717, 1.165) is 22.8 Å². The molecule has 2 aromatic heterocycles. The molecular formula is C19H18N2O2. The predicted molar refractivity (Wildman–Crippen MR) is 88.6 cm³/mol. The van der Waals surface area contributed by atoms with Crippen LogP contribution >= 0.6 is 0 Å². The molecule has 23 heavy (non-hydrogen) atoms. The molecule has 0 atom stereocenters. The number of hydrogen-bond donors (Lipinski definition) is 0. The molecule has 0 amide bonds. The van der Waals surface area contributed by atoms with E-state index in [-0.39, 0.29) is 12.6 Å². The number of aromatic nitrogens is 2. The average Bonchev–Trinajstić information content (AvgIpc) is 2.89. The summed E-state index contributed by atoms with van der Waals surface area (Å²) in [4.78, 5) is 16.5. The van der Waals surface area contributed by atoms with Crippen LogP contribution in [0.5, 0.6) is 0 Å². The van der Waals surface area contributed by atoms with Crippen LogP contribution in [0.15, 0.2) is 60.8 Å². The van der Waals surface area contributed by atoms with Crippen molar-refractivity contribution < 1.29 is 9.53 Å². The Bertz CT molecular complexity index is 808.